The Labute approximate surface area is 66.5 Å². The van der Waals surface area contributed by atoms with Crippen molar-refractivity contribution in [1.82, 2.24) is 10.4 Å². The minimum Gasteiger partial charge on any atom is -0.381 e. The maximum atomic E-state index is 11.4. The topological polar surface area (TPSA) is 41.6 Å². The van der Waals surface area contributed by atoms with Crippen LogP contribution in [0.25, 0.3) is 0 Å². The van der Waals surface area contributed by atoms with Crippen molar-refractivity contribution in [2.24, 2.45) is 5.92 Å². The molecule has 1 rings (SSSR count). The lowest BCUT2D eigenvalue weighted by Crippen LogP contribution is -2.40. The van der Waals surface area contributed by atoms with E-state index in [4.69, 9.17) is 4.74 Å². The van der Waals surface area contributed by atoms with Gasteiger partial charge in [0.05, 0.1) is 12.5 Å². The molecule has 0 spiro atoms. The van der Waals surface area contributed by atoms with Crippen LogP contribution in [0.3, 0.4) is 0 Å². The van der Waals surface area contributed by atoms with Gasteiger partial charge in [-0.2, -0.15) is 0 Å². The first-order valence-corrected chi connectivity index (χ1v) is 3.78. The third-order valence-electron chi connectivity index (χ3n) is 1.94. The van der Waals surface area contributed by atoms with Crippen LogP contribution in [-0.4, -0.2) is 38.2 Å². The molecule has 0 aromatic rings. The normalized spacial score (nSPS) is 23.6. The molecule has 1 saturated heterocycles. The minimum atomic E-state index is 0.0625. The Morgan fingerprint density at radius 3 is 2.91 bits per heavy atom. The maximum absolute atomic E-state index is 11.4. The summed E-state index contributed by atoms with van der Waals surface area (Å²) in [4.78, 5) is 11.4. The fourth-order valence-electron chi connectivity index (χ4n) is 1.11. The molecule has 1 unspecified atom stereocenters. The van der Waals surface area contributed by atoms with E-state index in [2.05, 4.69) is 5.43 Å². The van der Waals surface area contributed by atoms with E-state index in [1.807, 2.05) is 0 Å². The van der Waals surface area contributed by atoms with Crippen molar-refractivity contribution in [2.75, 3.05) is 27.3 Å². The van der Waals surface area contributed by atoms with Crippen LogP contribution < -0.4 is 5.43 Å². The first kappa shape index (κ1) is 8.49. The van der Waals surface area contributed by atoms with Crippen LogP contribution in [0.5, 0.6) is 0 Å². The number of nitrogens with one attached hydrogen (secondary N) is 1. The number of amides is 1. The van der Waals surface area contributed by atoms with E-state index in [0.29, 0.717) is 13.2 Å². The van der Waals surface area contributed by atoms with Crippen LogP contribution in [0.1, 0.15) is 6.42 Å². The summed E-state index contributed by atoms with van der Waals surface area (Å²) in [7, 11) is 3.45. The van der Waals surface area contributed by atoms with Crippen LogP contribution in [0.15, 0.2) is 0 Å². The van der Waals surface area contributed by atoms with Gasteiger partial charge in [-0.1, -0.05) is 0 Å². The Hall–Kier alpha value is -0.610. The summed E-state index contributed by atoms with van der Waals surface area (Å²) in [5.41, 5.74) is 2.77. The summed E-state index contributed by atoms with van der Waals surface area (Å²) in [6.45, 7) is 1.29. The monoisotopic (exact) mass is 158 g/mol. The molecule has 0 bridgehead atoms. The van der Waals surface area contributed by atoms with E-state index >= 15 is 0 Å². The Kier molecular flexibility index (Phi) is 2.84. The summed E-state index contributed by atoms with van der Waals surface area (Å²) in [5, 5.41) is 1.50. The van der Waals surface area contributed by atoms with Crippen molar-refractivity contribution in [2.45, 2.75) is 6.42 Å². The standard InChI is InChI=1S/C7H14N2O2/c1-8-9(2)7(10)6-3-4-11-5-6/h6,8H,3-5H2,1-2H3. The lowest BCUT2D eigenvalue weighted by atomic mass is 10.1. The lowest BCUT2D eigenvalue weighted by Gasteiger charge is -2.18. The van der Waals surface area contributed by atoms with E-state index in [0.717, 1.165) is 6.42 Å². The molecule has 1 aliphatic rings. The molecular formula is C7H14N2O2. The number of carbonyl (C=O) groups excluding carboxylic acids is 1. The number of hydrazine groups is 1. The van der Waals surface area contributed by atoms with Gasteiger partial charge in [-0.25, -0.2) is 5.43 Å². The van der Waals surface area contributed by atoms with Crippen LogP contribution >= 0.6 is 0 Å². The Morgan fingerprint density at radius 2 is 2.45 bits per heavy atom. The van der Waals surface area contributed by atoms with Crippen molar-refractivity contribution in [1.29, 1.82) is 0 Å². The maximum Gasteiger partial charge on any atom is 0.241 e. The van der Waals surface area contributed by atoms with Gasteiger partial charge in [0.15, 0.2) is 0 Å². The largest absolute Gasteiger partial charge is 0.381 e. The second-order valence-electron chi connectivity index (χ2n) is 2.68. The molecule has 0 saturated carbocycles. The molecule has 64 valence electrons. The van der Waals surface area contributed by atoms with E-state index in [-0.39, 0.29) is 11.8 Å². The molecule has 4 nitrogen and oxygen atoms in total. The second-order valence-corrected chi connectivity index (χ2v) is 2.68. The van der Waals surface area contributed by atoms with Crippen molar-refractivity contribution >= 4 is 5.91 Å². The Morgan fingerprint density at radius 1 is 1.73 bits per heavy atom. The van der Waals surface area contributed by atoms with E-state index in [1.165, 1.54) is 5.01 Å². The summed E-state index contributed by atoms with van der Waals surface area (Å²) in [6, 6.07) is 0. The quantitative estimate of drug-likeness (QED) is 0.557. The van der Waals surface area contributed by atoms with Gasteiger partial charge in [0.25, 0.3) is 0 Å². The van der Waals surface area contributed by atoms with Gasteiger partial charge in [0.2, 0.25) is 5.91 Å². The Bertz CT molecular complexity index is 143. The van der Waals surface area contributed by atoms with Gasteiger partial charge in [-0.3, -0.25) is 9.80 Å². The van der Waals surface area contributed by atoms with Gasteiger partial charge in [-0.15, -0.1) is 0 Å². The molecule has 0 radical (unpaired) electrons. The van der Waals surface area contributed by atoms with Crippen LogP contribution in [0, 0.1) is 5.92 Å². The fourth-order valence-corrected chi connectivity index (χ4v) is 1.11. The summed E-state index contributed by atoms with van der Waals surface area (Å²) < 4.78 is 5.10. The van der Waals surface area contributed by atoms with E-state index in [9.17, 15) is 4.79 Å². The van der Waals surface area contributed by atoms with Gasteiger partial charge in [0.1, 0.15) is 0 Å². The van der Waals surface area contributed by atoms with E-state index in [1.54, 1.807) is 14.1 Å². The zero-order valence-corrected chi connectivity index (χ0v) is 6.96. The predicted molar refractivity (Wildman–Crippen MR) is 40.8 cm³/mol. The van der Waals surface area contributed by atoms with Crippen LogP contribution in [0.2, 0.25) is 0 Å². The zero-order chi connectivity index (χ0) is 8.27. The number of hydrogen-bond acceptors (Lipinski definition) is 3. The molecule has 1 atom stereocenters. The first-order chi connectivity index (χ1) is 5.25. The highest BCUT2D eigenvalue weighted by molar-refractivity contribution is 5.78. The average Bonchev–Trinajstić information content (AvgIpc) is 2.53. The fraction of sp³-hybridized carbons (Fsp3) is 0.857. The van der Waals surface area contributed by atoms with E-state index < -0.39 is 0 Å². The molecule has 11 heavy (non-hydrogen) atoms. The third-order valence-corrected chi connectivity index (χ3v) is 1.94. The number of nitrogens with zero attached hydrogens (tertiary/aromatic N) is 1. The zero-order valence-electron chi connectivity index (χ0n) is 6.96. The molecule has 1 heterocycles. The van der Waals surface area contributed by atoms with Crippen molar-refractivity contribution in [3.05, 3.63) is 0 Å². The predicted octanol–water partition coefficient (Wildman–Crippen LogP) is -0.384. The molecule has 1 amide bonds. The molecular weight excluding hydrogens is 144 g/mol. The first-order valence-electron chi connectivity index (χ1n) is 3.78. The SMILES string of the molecule is CNN(C)C(=O)C1CCOC1. The highest BCUT2D eigenvalue weighted by Crippen LogP contribution is 2.13. The highest BCUT2D eigenvalue weighted by atomic mass is 16.5. The average molecular weight is 158 g/mol. The molecule has 1 aliphatic heterocycles. The smallest absolute Gasteiger partial charge is 0.241 e. The summed E-state index contributed by atoms with van der Waals surface area (Å²) in [5.74, 6) is 0.178. The number of carbonyl (C=O) groups is 1. The molecule has 1 N–H and O–H groups in total. The second kappa shape index (κ2) is 3.69. The summed E-state index contributed by atoms with van der Waals surface area (Å²) in [6.07, 6.45) is 0.852. The van der Waals surface area contributed by atoms with Gasteiger partial charge in [-0.05, 0) is 6.42 Å². The lowest BCUT2D eigenvalue weighted by molar-refractivity contribution is -0.136. The van der Waals surface area contributed by atoms with Crippen LogP contribution in [0.4, 0.5) is 0 Å². The molecule has 0 aromatic heterocycles. The third kappa shape index (κ3) is 1.91. The van der Waals surface area contributed by atoms with Gasteiger partial charge in [0, 0.05) is 20.7 Å². The Balaban J connectivity index is 2.39. The number of hydrogen-bond donors (Lipinski definition) is 1. The van der Waals surface area contributed by atoms with Gasteiger partial charge < -0.3 is 4.74 Å². The van der Waals surface area contributed by atoms with Crippen molar-refractivity contribution in [3.63, 3.8) is 0 Å². The highest BCUT2D eigenvalue weighted by Gasteiger charge is 2.25. The minimum absolute atomic E-state index is 0.0625. The molecule has 4 heteroatoms. The molecule has 0 aromatic carbocycles. The van der Waals surface area contributed by atoms with Crippen molar-refractivity contribution < 1.29 is 9.53 Å². The van der Waals surface area contributed by atoms with Crippen LogP contribution in [-0.2, 0) is 9.53 Å². The molecule has 1 fully saturated rings. The molecule has 0 aliphatic carbocycles. The number of ether oxygens (including phenoxy) is 1. The number of rotatable bonds is 2. The van der Waals surface area contributed by atoms with Gasteiger partial charge >= 0.3 is 0 Å². The summed E-state index contributed by atoms with van der Waals surface area (Å²) >= 11 is 0. The van der Waals surface area contributed by atoms with Crippen molar-refractivity contribution in [3.8, 4) is 0 Å².